The molecule has 0 heterocycles. The fourth-order valence-electron chi connectivity index (χ4n) is 1.79. The summed E-state index contributed by atoms with van der Waals surface area (Å²) in [6.07, 6.45) is 0.130. The summed E-state index contributed by atoms with van der Waals surface area (Å²) in [5.41, 5.74) is 0.723. The minimum Gasteiger partial charge on any atom is -0.387 e. The van der Waals surface area contributed by atoms with Crippen LogP contribution in [0.15, 0.2) is 24.3 Å². The van der Waals surface area contributed by atoms with Crippen molar-refractivity contribution in [2.75, 3.05) is 27.2 Å². The van der Waals surface area contributed by atoms with Gasteiger partial charge in [0.25, 0.3) is 0 Å². The number of nitrogens with one attached hydrogen (secondary N) is 2. The zero-order chi connectivity index (χ0) is 15.8. The second-order valence-corrected chi connectivity index (χ2v) is 5.85. The summed E-state index contributed by atoms with van der Waals surface area (Å²) < 4.78 is 0. The minimum absolute atomic E-state index is 0.0834. The number of amides is 2. The Kier molecular flexibility index (Phi) is 7.50. The van der Waals surface area contributed by atoms with Crippen LogP contribution in [0.5, 0.6) is 0 Å². The van der Waals surface area contributed by atoms with Crippen LogP contribution >= 0.6 is 11.6 Å². The van der Waals surface area contributed by atoms with Gasteiger partial charge in [0, 0.05) is 17.6 Å². The van der Waals surface area contributed by atoms with Crippen LogP contribution in [0.4, 0.5) is 4.79 Å². The molecule has 1 aromatic carbocycles. The Hall–Kier alpha value is -1.30. The van der Waals surface area contributed by atoms with Gasteiger partial charge in [-0.05, 0) is 51.7 Å². The molecule has 2 amide bonds. The zero-order valence-corrected chi connectivity index (χ0v) is 13.5. The van der Waals surface area contributed by atoms with Gasteiger partial charge in [0.15, 0.2) is 0 Å². The Labute approximate surface area is 131 Å². The first-order chi connectivity index (χ1) is 9.88. The van der Waals surface area contributed by atoms with Crippen LogP contribution in [-0.4, -0.2) is 49.3 Å². The smallest absolute Gasteiger partial charge is 0.315 e. The second-order valence-electron chi connectivity index (χ2n) is 5.41. The molecule has 6 heteroatoms. The Balaban J connectivity index is 2.30. The van der Waals surface area contributed by atoms with E-state index in [0.717, 1.165) is 18.5 Å². The summed E-state index contributed by atoms with van der Waals surface area (Å²) in [5.74, 6) is 0. The Morgan fingerprint density at radius 3 is 2.52 bits per heavy atom. The molecule has 0 saturated carbocycles. The van der Waals surface area contributed by atoms with E-state index in [9.17, 15) is 9.90 Å². The van der Waals surface area contributed by atoms with E-state index in [1.807, 2.05) is 21.0 Å². The monoisotopic (exact) mass is 313 g/mol. The molecule has 0 bridgehead atoms. The van der Waals surface area contributed by atoms with Crippen LogP contribution in [0, 0.1) is 0 Å². The number of hydrogen-bond acceptors (Lipinski definition) is 3. The van der Waals surface area contributed by atoms with Gasteiger partial charge < -0.3 is 20.6 Å². The fraction of sp³-hybridized carbons (Fsp3) is 0.533. The highest BCUT2D eigenvalue weighted by atomic mass is 35.5. The zero-order valence-electron chi connectivity index (χ0n) is 12.8. The highest BCUT2D eigenvalue weighted by Crippen LogP contribution is 2.15. The molecule has 1 rings (SSSR count). The van der Waals surface area contributed by atoms with Gasteiger partial charge in [-0.15, -0.1) is 0 Å². The molecule has 1 aromatic rings. The van der Waals surface area contributed by atoms with E-state index >= 15 is 0 Å². The summed E-state index contributed by atoms with van der Waals surface area (Å²) in [5, 5.41) is 16.1. The molecule has 0 radical (unpaired) electrons. The predicted octanol–water partition coefficient (Wildman–Crippen LogP) is 2.01. The van der Waals surface area contributed by atoms with Crippen LogP contribution in [0.1, 0.15) is 25.0 Å². The first-order valence-electron chi connectivity index (χ1n) is 7.01. The maximum atomic E-state index is 11.7. The number of hydrogen-bond donors (Lipinski definition) is 3. The van der Waals surface area contributed by atoms with Gasteiger partial charge in [-0.1, -0.05) is 23.7 Å². The molecule has 2 unspecified atom stereocenters. The van der Waals surface area contributed by atoms with Crippen molar-refractivity contribution >= 4 is 17.6 Å². The lowest BCUT2D eigenvalue weighted by Crippen LogP contribution is -2.43. The van der Waals surface area contributed by atoms with Crippen molar-refractivity contribution in [1.82, 2.24) is 15.5 Å². The molecule has 0 aliphatic rings. The summed E-state index contributed by atoms with van der Waals surface area (Å²) in [6.45, 7) is 3.03. The normalized spacial score (nSPS) is 13.8. The third kappa shape index (κ3) is 7.32. The van der Waals surface area contributed by atoms with Crippen LogP contribution in [0.3, 0.4) is 0 Å². The molecule has 0 aliphatic carbocycles. The number of aliphatic hydroxyl groups excluding tert-OH is 1. The highest BCUT2D eigenvalue weighted by Gasteiger charge is 2.11. The van der Waals surface area contributed by atoms with Crippen molar-refractivity contribution in [2.45, 2.75) is 25.5 Å². The standard InChI is InChI=1S/C15H24ClN3O2/c1-11(8-9-19(2)3)18-15(21)17-10-14(20)12-4-6-13(16)7-5-12/h4-7,11,14,20H,8-10H2,1-3H3,(H2,17,18,21). The van der Waals surface area contributed by atoms with Gasteiger partial charge in [-0.25, -0.2) is 4.79 Å². The van der Waals surface area contributed by atoms with E-state index in [1.54, 1.807) is 24.3 Å². The third-order valence-corrected chi connectivity index (χ3v) is 3.35. The lowest BCUT2D eigenvalue weighted by atomic mass is 10.1. The third-order valence-electron chi connectivity index (χ3n) is 3.10. The van der Waals surface area contributed by atoms with E-state index in [4.69, 9.17) is 11.6 Å². The molecular weight excluding hydrogens is 290 g/mol. The Morgan fingerprint density at radius 2 is 1.95 bits per heavy atom. The largest absolute Gasteiger partial charge is 0.387 e. The van der Waals surface area contributed by atoms with E-state index < -0.39 is 6.10 Å². The lowest BCUT2D eigenvalue weighted by molar-refractivity contribution is 0.172. The molecule has 0 aliphatic heterocycles. The topological polar surface area (TPSA) is 64.6 Å². The van der Waals surface area contributed by atoms with Gasteiger partial charge in [0.2, 0.25) is 0 Å². The quantitative estimate of drug-likeness (QED) is 0.721. The van der Waals surface area contributed by atoms with Gasteiger partial charge in [-0.2, -0.15) is 0 Å². The Morgan fingerprint density at radius 1 is 1.33 bits per heavy atom. The van der Waals surface area contributed by atoms with Crippen molar-refractivity contribution < 1.29 is 9.90 Å². The molecule has 0 spiro atoms. The first kappa shape index (κ1) is 17.8. The maximum Gasteiger partial charge on any atom is 0.315 e. The molecule has 118 valence electrons. The number of carbonyl (C=O) groups excluding carboxylic acids is 1. The fourth-order valence-corrected chi connectivity index (χ4v) is 1.92. The van der Waals surface area contributed by atoms with E-state index in [-0.39, 0.29) is 18.6 Å². The number of benzene rings is 1. The number of halogens is 1. The van der Waals surface area contributed by atoms with Crippen molar-refractivity contribution in [3.05, 3.63) is 34.9 Å². The molecule has 0 saturated heterocycles. The van der Waals surface area contributed by atoms with Crippen LogP contribution < -0.4 is 10.6 Å². The highest BCUT2D eigenvalue weighted by molar-refractivity contribution is 6.30. The van der Waals surface area contributed by atoms with E-state index in [2.05, 4.69) is 15.5 Å². The number of aliphatic hydroxyl groups is 1. The molecule has 0 aromatic heterocycles. The summed E-state index contributed by atoms with van der Waals surface area (Å²) >= 11 is 5.79. The summed E-state index contributed by atoms with van der Waals surface area (Å²) in [4.78, 5) is 13.8. The molecular formula is C15H24ClN3O2. The number of carbonyl (C=O) groups is 1. The SMILES string of the molecule is CC(CCN(C)C)NC(=O)NCC(O)c1ccc(Cl)cc1. The number of rotatable bonds is 7. The lowest BCUT2D eigenvalue weighted by Gasteiger charge is -2.18. The molecule has 2 atom stereocenters. The predicted molar refractivity (Wildman–Crippen MR) is 85.6 cm³/mol. The van der Waals surface area contributed by atoms with Crippen LogP contribution in [0.25, 0.3) is 0 Å². The summed E-state index contributed by atoms with van der Waals surface area (Å²) in [7, 11) is 3.99. The molecule has 3 N–H and O–H groups in total. The molecule has 0 fully saturated rings. The van der Waals surface area contributed by atoms with E-state index in [1.165, 1.54) is 0 Å². The minimum atomic E-state index is -0.745. The van der Waals surface area contributed by atoms with Gasteiger partial charge in [0.1, 0.15) is 0 Å². The average Bonchev–Trinajstić information content (AvgIpc) is 2.43. The van der Waals surface area contributed by atoms with E-state index in [0.29, 0.717) is 5.02 Å². The second kappa shape index (κ2) is 8.87. The maximum absolute atomic E-state index is 11.7. The van der Waals surface area contributed by atoms with Gasteiger partial charge >= 0.3 is 6.03 Å². The molecule has 5 nitrogen and oxygen atoms in total. The van der Waals surface area contributed by atoms with Crippen LogP contribution in [0.2, 0.25) is 5.02 Å². The van der Waals surface area contributed by atoms with Crippen molar-refractivity contribution in [1.29, 1.82) is 0 Å². The van der Waals surface area contributed by atoms with Gasteiger partial charge in [0.05, 0.1) is 6.10 Å². The average molecular weight is 314 g/mol. The van der Waals surface area contributed by atoms with Crippen molar-refractivity contribution in [3.63, 3.8) is 0 Å². The first-order valence-corrected chi connectivity index (χ1v) is 7.39. The Bertz CT molecular complexity index is 437. The number of urea groups is 1. The van der Waals surface area contributed by atoms with Crippen LogP contribution in [-0.2, 0) is 0 Å². The number of nitrogens with zero attached hydrogens (tertiary/aromatic N) is 1. The summed E-state index contributed by atoms with van der Waals surface area (Å²) in [6, 6.07) is 6.72. The molecule has 21 heavy (non-hydrogen) atoms. The van der Waals surface area contributed by atoms with Gasteiger partial charge in [-0.3, -0.25) is 0 Å². The van der Waals surface area contributed by atoms with Crippen molar-refractivity contribution in [2.24, 2.45) is 0 Å². The van der Waals surface area contributed by atoms with Crippen molar-refractivity contribution in [3.8, 4) is 0 Å².